The fourth-order valence-corrected chi connectivity index (χ4v) is 7.18. The van der Waals surface area contributed by atoms with Crippen LogP contribution in [0.5, 0.6) is 11.5 Å². The first-order chi connectivity index (χ1) is 31.5. The Kier molecular flexibility index (Phi) is 19.8. The number of amides is 6. The number of hydrogen-bond donors (Lipinski definition) is 10. The molecular formula is C47H63N9O10. The van der Waals surface area contributed by atoms with Crippen LogP contribution >= 0.6 is 0 Å². The van der Waals surface area contributed by atoms with E-state index in [-0.39, 0.29) is 62.5 Å². The number of benzene rings is 3. The summed E-state index contributed by atoms with van der Waals surface area (Å²) in [5.74, 6) is -6.33. The molecule has 12 N–H and O–H groups in total. The number of carbonyl (C=O) groups excluding carboxylic acids is 7. The number of carbonyl (C=O) groups is 7. The van der Waals surface area contributed by atoms with Crippen molar-refractivity contribution in [1.29, 1.82) is 0 Å². The van der Waals surface area contributed by atoms with Gasteiger partial charge in [-0.05, 0) is 73.1 Å². The molecule has 0 spiro atoms. The summed E-state index contributed by atoms with van der Waals surface area (Å²) < 4.78 is 5.92. The molecule has 1 aliphatic heterocycles. The minimum atomic E-state index is -1.68. The van der Waals surface area contributed by atoms with Crippen LogP contribution in [-0.2, 0) is 57.6 Å². The molecular weight excluding hydrogens is 851 g/mol. The summed E-state index contributed by atoms with van der Waals surface area (Å²) in [6, 6.07) is 12.4. The van der Waals surface area contributed by atoms with Gasteiger partial charge in [-0.3, -0.25) is 33.8 Å². The number of hydrogen-bond acceptors (Lipinski definition) is 11. The Hall–Kier alpha value is -7.18. The minimum Gasteiger partial charge on any atom is -0.508 e. The molecule has 19 heteroatoms. The van der Waals surface area contributed by atoms with Gasteiger partial charge in [0.05, 0.1) is 0 Å². The minimum absolute atomic E-state index is 0.0288. The van der Waals surface area contributed by atoms with Gasteiger partial charge in [-0.1, -0.05) is 81.8 Å². The zero-order valence-electron chi connectivity index (χ0n) is 37.8. The quantitative estimate of drug-likeness (QED) is 0.0391. The number of guanidine groups is 1. The van der Waals surface area contributed by atoms with Crippen molar-refractivity contribution in [3.05, 3.63) is 95.6 Å². The molecule has 6 amide bonds. The van der Waals surface area contributed by atoms with Crippen LogP contribution in [0.25, 0.3) is 0 Å². The molecule has 0 aromatic heterocycles. The Bertz CT molecular complexity index is 2150. The fourth-order valence-electron chi connectivity index (χ4n) is 7.18. The average Bonchev–Trinajstić information content (AvgIpc) is 3.28. The number of cyclic esters (lactones) is 1. The lowest BCUT2D eigenvalue weighted by Gasteiger charge is -2.32. The SMILES string of the molecule is CCCC(=O)N[C@H](Cc1ccccc1)C(=O)N[C@H]1C(=O)N[C@H](Cc2ccc(O)cc2)C(=O)N[C@H](CCCN=C(N)N)C(=O)N[C@H](Cc2ccc(O)cc2)C(=O)N[C@@H]([C@H](C)CC)C(=O)O[C@H]1C. The van der Waals surface area contributed by atoms with Gasteiger partial charge in [0.25, 0.3) is 0 Å². The first kappa shape index (κ1) is 51.5. The predicted molar refractivity (Wildman–Crippen MR) is 245 cm³/mol. The van der Waals surface area contributed by atoms with Crippen LogP contribution in [0.3, 0.4) is 0 Å². The molecule has 1 saturated heterocycles. The Labute approximate surface area is 384 Å². The first-order valence-corrected chi connectivity index (χ1v) is 22.1. The summed E-state index contributed by atoms with van der Waals surface area (Å²) >= 11 is 0. The first-order valence-electron chi connectivity index (χ1n) is 22.1. The molecule has 0 radical (unpaired) electrons. The maximum absolute atomic E-state index is 14.6. The molecule has 1 heterocycles. The Morgan fingerprint density at radius 2 is 1.27 bits per heavy atom. The van der Waals surface area contributed by atoms with Crippen LogP contribution in [0.1, 0.15) is 76.5 Å². The molecule has 1 aliphatic rings. The smallest absolute Gasteiger partial charge is 0.329 e. The summed E-state index contributed by atoms with van der Waals surface area (Å²) in [5, 5.41) is 36.2. The maximum atomic E-state index is 14.6. The molecule has 0 bridgehead atoms. The van der Waals surface area contributed by atoms with E-state index in [1.165, 1.54) is 43.3 Å². The highest BCUT2D eigenvalue weighted by Gasteiger charge is 2.39. The number of nitrogens with two attached hydrogens (primary N) is 2. The third-order valence-corrected chi connectivity index (χ3v) is 11.1. The van der Waals surface area contributed by atoms with E-state index in [0.29, 0.717) is 29.5 Å². The van der Waals surface area contributed by atoms with E-state index in [0.717, 1.165) is 0 Å². The lowest BCUT2D eigenvalue weighted by molar-refractivity contribution is -0.157. The van der Waals surface area contributed by atoms with E-state index in [9.17, 15) is 43.8 Å². The summed E-state index contributed by atoms with van der Waals surface area (Å²) in [7, 11) is 0. The highest BCUT2D eigenvalue weighted by molar-refractivity contribution is 5.97. The summed E-state index contributed by atoms with van der Waals surface area (Å²) in [6.45, 7) is 6.76. The van der Waals surface area contributed by atoms with Crippen LogP contribution in [0.4, 0.5) is 0 Å². The van der Waals surface area contributed by atoms with E-state index in [1.807, 2.05) is 6.92 Å². The van der Waals surface area contributed by atoms with Gasteiger partial charge in [-0.25, -0.2) is 4.79 Å². The van der Waals surface area contributed by atoms with E-state index in [1.54, 1.807) is 56.3 Å². The van der Waals surface area contributed by atoms with Crippen molar-refractivity contribution in [3.8, 4) is 11.5 Å². The van der Waals surface area contributed by atoms with Crippen molar-refractivity contribution >= 4 is 47.4 Å². The van der Waals surface area contributed by atoms with Gasteiger partial charge in [-0.15, -0.1) is 0 Å². The standard InChI is InChI=1S/C47H63N9O10/c1-5-11-38(59)51-35(24-29-12-8-7-9-13-29)43(62)56-40-28(4)66-46(65)39(27(3)6-2)55-44(63)37(26-31-17-21-33(58)22-18-31)53-41(60)34(14-10-23-50-47(48)49)52-42(61)36(54-45(40)64)25-30-15-19-32(57)20-16-30/h7-9,12-13,15-22,27-28,34-37,39-40,57-58H,5-6,10-11,14,23-26H2,1-4H3,(H,51,59)(H,52,61)(H,53,60)(H,54,64)(H,55,63)(H,56,62)(H4,48,49,50)/t27-,28+,34-,35-,36-,37-,39+,40-/m1/s1. The van der Waals surface area contributed by atoms with E-state index in [4.69, 9.17) is 16.2 Å². The highest BCUT2D eigenvalue weighted by Crippen LogP contribution is 2.18. The van der Waals surface area contributed by atoms with Crippen molar-refractivity contribution < 1.29 is 48.5 Å². The normalized spacial score (nSPS) is 21.7. The third-order valence-electron chi connectivity index (χ3n) is 11.1. The van der Waals surface area contributed by atoms with Gasteiger partial charge < -0.3 is 58.3 Å². The molecule has 3 aromatic carbocycles. The van der Waals surface area contributed by atoms with Crippen molar-refractivity contribution in [2.75, 3.05) is 6.54 Å². The van der Waals surface area contributed by atoms with Crippen molar-refractivity contribution in [2.24, 2.45) is 22.4 Å². The van der Waals surface area contributed by atoms with Crippen molar-refractivity contribution in [2.45, 2.75) is 121 Å². The monoisotopic (exact) mass is 913 g/mol. The topological polar surface area (TPSA) is 306 Å². The molecule has 4 rings (SSSR count). The van der Waals surface area contributed by atoms with Gasteiger partial charge >= 0.3 is 5.97 Å². The number of nitrogens with one attached hydrogen (secondary N) is 6. The molecule has 0 unspecified atom stereocenters. The summed E-state index contributed by atoms with van der Waals surface area (Å²) in [5.41, 5.74) is 12.8. The average molecular weight is 914 g/mol. The number of aliphatic imine (C=N–C) groups is 1. The second-order valence-electron chi connectivity index (χ2n) is 16.4. The van der Waals surface area contributed by atoms with Gasteiger partial charge in [0.15, 0.2) is 5.96 Å². The Balaban J connectivity index is 1.83. The number of aromatic hydroxyl groups is 2. The summed E-state index contributed by atoms with van der Waals surface area (Å²) in [6.07, 6.45) is -0.525. The lowest BCUT2D eigenvalue weighted by Crippen LogP contribution is -2.63. The molecule has 66 heavy (non-hydrogen) atoms. The molecule has 0 aliphatic carbocycles. The lowest BCUT2D eigenvalue weighted by atomic mass is 9.97. The van der Waals surface area contributed by atoms with Gasteiger partial charge in [0.2, 0.25) is 35.4 Å². The Morgan fingerprint density at radius 3 is 1.82 bits per heavy atom. The molecule has 8 atom stereocenters. The maximum Gasteiger partial charge on any atom is 0.329 e. The third kappa shape index (κ3) is 16.1. The highest BCUT2D eigenvalue weighted by atomic mass is 16.5. The van der Waals surface area contributed by atoms with Crippen LogP contribution in [0.2, 0.25) is 0 Å². The van der Waals surface area contributed by atoms with E-state index < -0.39 is 89.7 Å². The number of esters is 1. The van der Waals surface area contributed by atoms with Gasteiger partial charge in [0, 0.05) is 32.2 Å². The number of nitrogens with zero attached hydrogens (tertiary/aromatic N) is 1. The largest absolute Gasteiger partial charge is 0.508 e. The van der Waals surface area contributed by atoms with Crippen LogP contribution in [0.15, 0.2) is 83.9 Å². The number of phenolic OH excluding ortho intramolecular Hbond substituents is 2. The molecule has 1 fully saturated rings. The second kappa shape index (κ2) is 25.3. The fraction of sp³-hybridized carbons (Fsp3) is 0.447. The molecule has 19 nitrogen and oxygen atoms in total. The van der Waals surface area contributed by atoms with Gasteiger partial charge in [0.1, 0.15) is 53.9 Å². The van der Waals surface area contributed by atoms with Crippen LogP contribution in [-0.4, -0.2) is 106 Å². The predicted octanol–water partition coefficient (Wildman–Crippen LogP) is 0.880. The molecule has 0 saturated carbocycles. The molecule has 3 aromatic rings. The number of rotatable bonds is 17. The van der Waals surface area contributed by atoms with E-state index in [2.05, 4.69) is 36.9 Å². The second-order valence-corrected chi connectivity index (χ2v) is 16.4. The van der Waals surface area contributed by atoms with E-state index >= 15 is 0 Å². The zero-order valence-corrected chi connectivity index (χ0v) is 37.8. The summed E-state index contributed by atoms with van der Waals surface area (Å²) in [4.78, 5) is 103. The Morgan fingerprint density at radius 1 is 0.742 bits per heavy atom. The van der Waals surface area contributed by atoms with Crippen LogP contribution < -0.4 is 43.4 Å². The molecule has 356 valence electrons. The van der Waals surface area contributed by atoms with Crippen LogP contribution in [0, 0.1) is 5.92 Å². The van der Waals surface area contributed by atoms with Crippen molar-refractivity contribution in [1.82, 2.24) is 31.9 Å². The number of phenols is 2. The number of ether oxygens (including phenoxy) is 1. The zero-order chi connectivity index (χ0) is 48.3. The van der Waals surface area contributed by atoms with Crippen molar-refractivity contribution in [3.63, 3.8) is 0 Å². The van der Waals surface area contributed by atoms with Gasteiger partial charge in [-0.2, -0.15) is 0 Å².